The summed E-state index contributed by atoms with van der Waals surface area (Å²) in [5, 5.41) is 2.91. The molecule has 1 amide bonds. The summed E-state index contributed by atoms with van der Waals surface area (Å²) in [7, 11) is 3.25. The van der Waals surface area contributed by atoms with Crippen LogP contribution in [0.1, 0.15) is 31.7 Å². The third kappa shape index (κ3) is 6.49. The Bertz CT molecular complexity index is 447. The normalized spacial score (nSPS) is 11.8. The predicted molar refractivity (Wildman–Crippen MR) is 83.8 cm³/mol. The quantitative estimate of drug-likeness (QED) is 0.682. The number of hydrogen-bond acceptors (Lipinski definition) is 4. The summed E-state index contributed by atoms with van der Waals surface area (Å²) in [6, 6.07) is 5.95. The van der Waals surface area contributed by atoms with Gasteiger partial charge in [0, 0.05) is 19.0 Å². The standard InChI is InChI=1S/C16H26N2O3/c1-12(17)6-9-16(19)18-10-4-5-13-7-8-14(20-2)15(11-13)21-3/h7-8,11-12H,4-6,9-10,17H2,1-3H3,(H,18,19). The number of aryl methyl sites for hydroxylation is 1. The molecule has 1 unspecified atom stereocenters. The topological polar surface area (TPSA) is 73.6 Å². The van der Waals surface area contributed by atoms with Gasteiger partial charge in [-0.1, -0.05) is 6.07 Å². The molecule has 3 N–H and O–H groups in total. The molecule has 0 aliphatic carbocycles. The van der Waals surface area contributed by atoms with E-state index in [1.54, 1.807) is 14.2 Å². The van der Waals surface area contributed by atoms with E-state index in [0.29, 0.717) is 13.0 Å². The van der Waals surface area contributed by atoms with Crippen molar-refractivity contribution in [2.75, 3.05) is 20.8 Å². The fraction of sp³-hybridized carbons (Fsp3) is 0.562. The minimum Gasteiger partial charge on any atom is -0.493 e. The van der Waals surface area contributed by atoms with Gasteiger partial charge in [-0.15, -0.1) is 0 Å². The van der Waals surface area contributed by atoms with Crippen LogP contribution in [-0.4, -0.2) is 32.7 Å². The Balaban J connectivity index is 2.31. The number of nitrogens with one attached hydrogen (secondary N) is 1. The van der Waals surface area contributed by atoms with E-state index in [4.69, 9.17) is 15.2 Å². The van der Waals surface area contributed by atoms with Crippen LogP contribution in [0, 0.1) is 0 Å². The molecule has 0 fully saturated rings. The number of ether oxygens (including phenoxy) is 2. The molecule has 5 nitrogen and oxygen atoms in total. The Morgan fingerprint density at radius 2 is 2.00 bits per heavy atom. The SMILES string of the molecule is COc1ccc(CCCNC(=O)CCC(C)N)cc1OC. The van der Waals surface area contributed by atoms with Crippen molar-refractivity contribution in [3.05, 3.63) is 23.8 Å². The first-order chi connectivity index (χ1) is 10.1. The van der Waals surface area contributed by atoms with Gasteiger partial charge in [0.2, 0.25) is 5.91 Å². The van der Waals surface area contributed by atoms with Gasteiger partial charge in [-0.2, -0.15) is 0 Å². The molecule has 5 heteroatoms. The number of methoxy groups -OCH3 is 2. The molecule has 1 atom stereocenters. The van der Waals surface area contributed by atoms with Crippen LogP contribution in [0.2, 0.25) is 0 Å². The first-order valence-corrected chi connectivity index (χ1v) is 7.30. The van der Waals surface area contributed by atoms with Crippen LogP contribution in [0.5, 0.6) is 11.5 Å². The first kappa shape index (κ1) is 17.3. The number of carbonyl (C=O) groups excluding carboxylic acids is 1. The van der Waals surface area contributed by atoms with Crippen molar-refractivity contribution in [2.24, 2.45) is 5.73 Å². The smallest absolute Gasteiger partial charge is 0.220 e. The van der Waals surface area contributed by atoms with E-state index in [2.05, 4.69) is 5.32 Å². The van der Waals surface area contributed by atoms with E-state index in [1.165, 1.54) is 0 Å². The molecule has 0 aliphatic heterocycles. The van der Waals surface area contributed by atoms with Crippen LogP contribution in [0.25, 0.3) is 0 Å². The fourth-order valence-electron chi connectivity index (χ4n) is 2.00. The lowest BCUT2D eigenvalue weighted by Gasteiger charge is -2.10. The Labute approximate surface area is 126 Å². The number of nitrogens with two attached hydrogens (primary N) is 1. The van der Waals surface area contributed by atoms with Crippen LogP contribution < -0.4 is 20.5 Å². The van der Waals surface area contributed by atoms with Crippen molar-refractivity contribution in [1.29, 1.82) is 0 Å². The van der Waals surface area contributed by atoms with E-state index in [-0.39, 0.29) is 11.9 Å². The average Bonchev–Trinajstić information content (AvgIpc) is 2.49. The summed E-state index contributed by atoms with van der Waals surface area (Å²) in [4.78, 5) is 11.5. The van der Waals surface area contributed by atoms with E-state index < -0.39 is 0 Å². The zero-order valence-corrected chi connectivity index (χ0v) is 13.1. The molecule has 0 spiro atoms. The average molecular weight is 294 g/mol. The highest BCUT2D eigenvalue weighted by molar-refractivity contribution is 5.75. The highest BCUT2D eigenvalue weighted by Crippen LogP contribution is 2.27. The molecule has 21 heavy (non-hydrogen) atoms. The van der Waals surface area contributed by atoms with Crippen LogP contribution in [0.15, 0.2) is 18.2 Å². The Morgan fingerprint density at radius 3 is 2.62 bits per heavy atom. The maximum absolute atomic E-state index is 11.5. The van der Waals surface area contributed by atoms with E-state index in [1.807, 2.05) is 25.1 Å². The first-order valence-electron chi connectivity index (χ1n) is 7.30. The highest BCUT2D eigenvalue weighted by atomic mass is 16.5. The zero-order valence-electron chi connectivity index (χ0n) is 13.1. The number of benzene rings is 1. The molecule has 1 rings (SSSR count). The predicted octanol–water partition coefficient (Wildman–Crippen LogP) is 1.88. The van der Waals surface area contributed by atoms with E-state index in [0.717, 1.165) is 36.3 Å². The molecule has 0 aromatic heterocycles. The third-order valence-electron chi connectivity index (χ3n) is 3.24. The van der Waals surface area contributed by atoms with Crippen molar-refractivity contribution in [2.45, 2.75) is 38.6 Å². The molecule has 0 aliphatic rings. The maximum Gasteiger partial charge on any atom is 0.220 e. The van der Waals surface area contributed by atoms with Gasteiger partial charge in [-0.05, 0) is 43.9 Å². The van der Waals surface area contributed by atoms with E-state index in [9.17, 15) is 4.79 Å². The molecule has 118 valence electrons. The van der Waals surface area contributed by atoms with E-state index >= 15 is 0 Å². The van der Waals surface area contributed by atoms with Crippen molar-refractivity contribution in [3.8, 4) is 11.5 Å². The zero-order chi connectivity index (χ0) is 15.7. The highest BCUT2D eigenvalue weighted by Gasteiger charge is 2.05. The van der Waals surface area contributed by atoms with Gasteiger partial charge >= 0.3 is 0 Å². The molecule has 1 aromatic rings. The van der Waals surface area contributed by atoms with Gasteiger partial charge in [0.05, 0.1) is 14.2 Å². The van der Waals surface area contributed by atoms with Gasteiger partial charge in [-0.25, -0.2) is 0 Å². The molecule has 0 saturated carbocycles. The molecular formula is C16H26N2O3. The van der Waals surface area contributed by atoms with Crippen LogP contribution in [0.3, 0.4) is 0 Å². The molecule has 0 saturated heterocycles. The molecule has 0 bridgehead atoms. The third-order valence-corrected chi connectivity index (χ3v) is 3.24. The van der Waals surface area contributed by atoms with Crippen LogP contribution in [0.4, 0.5) is 0 Å². The number of carbonyl (C=O) groups is 1. The molecule has 1 aromatic carbocycles. The second-order valence-electron chi connectivity index (χ2n) is 5.16. The van der Waals surface area contributed by atoms with Gasteiger partial charge in [0.25, 0.3) is 0 Å². The summed E-state index contributed by atoms with van der Waals surface area (Å²) < 4.78 is 10.5. The fourth-order valence-corrected chi connectivity index (χ4v) is 2.00. The number of hydrogen-bond donors (Lipinski definition) is 2. The van der Waals surface area contributed by atoms with Crippen LogP contribution in [-0.2, 0) is 11.2 Å². The molecule has 0 heterocycles. The van der Waals surface area contributed by atoms with Crippen molar-refractivity contribution < 1.29 is 14.3 Å². The van der Waals surface area contributed by atoms with Crippen molar-refractivity contribution in [1.82, 2.24) is 5.32 Å². The second kappa shape index (κ2) is 9.23. The van der Waals surface area contributed by atoms with Gasteiger partial charge in [0.15, 0.2) is 11.5 Å². The van der Waals surface area contributed by atoms with Gasteiger partial charge < -0.3 is 20.5 Å². The lowest BCUT2D eigenvalue weighted by Crippen LogP contribution is -2.26. The summed E-state index contributed by atoms with van der Waals surface area (Å²) >= 11 is 0. The Kier molecular flexibility index (Phi) is 7.61. The number of rotatable bonds is 9. The van der Waals surface area contributed by atoms with Crippen LogP contribution >= 0.6 is 0 Å². The summed E-state index contributed by atoms with van der Waals surface area (Å²) in [6.07, 6.45) is 2.99. The van der Waals surface area contributed by atoms with Crippen molar-refractivity contribution >= 4 is 5.91 Å². The monoisotopic (exact) mass is 294 g/mol. The molecule has 0 radical (unpaired) electrons. The molecular weight excluding hydrogens is 268 g/mol. The van der Waals surface area contributed by atoms with Gasteiger partial charge in [-0.3, -0.25) is 4.79 Å². The number of amides is 1. The van der Waals surface area contributed by atoms with Crippen molar-refractivity contribution in [3.63, 3.8) is 0 Å². The summed E-state index contributed by atoms with van der Waals surface area (Å²) in [5.74, 6) is 1.53. The minimum atomic E-state index is 0.0691. The second-order valence-corrected chi connectivity index (χ2v) is 5.16. The minimum absolute atomic E-state index is 0.0691. The largest absolute Gasteiger partial charge is 0.493 e. The maximum atomic E-state index is 11.5. The Hall–Kier alpha value is -1.75. The lowest BCUT2D eigenvalue weighted by atomic mass is 10.1. The summed E-state index contributed by atoms with van der Waals surface area (Å²) in [6.45, 7) is 2.58. The lowest BCUT2D eigenvalue weighted by molar-refractivity contribution is -0.121. The Morgan fingerprint density at radius 1 is 1.29 bits per heavy atom. The van der Waals surface area contributed by atoms with Gasteiger partial charge in [0.1, 0.15) is 0 Å². The summed E-state index contributed by atoms with van der Waals surface area (Å²) in [5.41, 5.74) is 6.78.